The van der Waals surface area contributed by atoms with Crippen molar-refractivity contribution in [1.29, 1.82) is 0 Å². The molecule has 1 amide bonds. The van der Waals surface area contributed by atoms with Crippen molar-refractivity contribution in [1.82, 2.24) is 9.88 Å². The Balaban J connectivity index is 2.23. The van der Waals surface area contributed by atoms with E-state index in [4.69, 9.17) is 0 Å². The first-order valence-electron chi connectivity index (χ1n) is 5.46. The lowest BCUT2D eigenvalue weighted by Crippen LogP contribution is -2.32. The minimum absolute atomic E-state index is 0.191. The van der Waals surface area contributed by atoms with E-state index in [0.717, 1.165) is 37.2 Å². The van der Waals surface area contributed by atoms with Crippen LogP contribution in [0.5, 0.6) is 0 Å². The third kappa shape index (κ3) is 2.17. The summed E-state index contributed by atoms with van der Waals surface area (Å²) in [6.45, 7) is 2.85. The van der Waals surface area contributed by atoms with Gasteiger partial charge < -0.3 is 4.90 Å². The van der Waals surface area contributed by atoms with Gasteiger partial charge in [0.25, 0.3) is 0 Å². The molecule has 1 aromatic heterocycles. The molecule has 15 heavy (non-hydrogen) atoms. The zero-order chi connectivity index (χ0) is 10.7. The summed E-state index contributed by atoms with van der Waals surface area (Å²) < 4.78 is 0. The van der Waals surface area contributed by atoms with Gasteiger partial charge in [-0.1, -0.05) is 6.07 Å². The highest BCUT2D eigenvalue weighted by molar-refractivity contribution is 5.48. The highest BCUT2D eigenvalue weighted by atomic mass is 16.1. The summed E-state index contributed by atoms with van der Waals surface area (Å²) >= 11 is 0. The molecule has 0 bridgehead atoms. The zero-order valence-electron chi connectivity index (χ0n) is 9.02. The third-order valence-corrected chi connectivity index (χ3v) is 2.93. The number of carbonyl (C=O) groups is 1. The number of aryl methyl sites for hydroxylation is 1. The van der Waals surface area contributed by atoms with Crippen molar-refractivity contribution in [2.75, 3.05) is 6.54 Å². The number of carbonyl (C=O) groups excluding carboxylic acids is 1. The van der Waals surface area contributed by atoms with E-state index in [1.54, 1.807) is 0 Å². The molecule has 1 aliphatic rings. The SMILES string of the molecule is Cc1cccc([C@H]2CCCCN2C=O)n1. The van der Waals surface area contributed by atoms with Gasteiger partial charge in [0, 0.05) is 12.2 Å². The summed E-state index contributed by atoms with van der Waals surface area (Å²) in [5.74, 6) is 0. The predicted octanol–water partition coefficient (Wildman–Crippen LogP) is 2.07. The number of aromatic nitrogens is 1. The Hall–Kier alpha value is -1.38. The Morgan fingerprint density at radius 3 is 3.07 bits per heavy atom. The zero-order valence-corrected chi connectivity index (χ0v) is 9.02. The van der Waals surface area contributed by atoms with Crippen LogP contribution < -0.4 is 0 Å². The lowest BCUT2D eigenvalue weighted by Gasteiger charge is -2.32. The normalized spacial score (nSPS) is 21.4. The van der Waals surface area contributed by atoms with Gasteiger partial charge in [0.05, 0.1) is 11.7 Å². The molecule has 2 rings (SSSR count). The first-order chi connectivity index (χ1) is 7.31. The van der Waals surface area contributed by atoms with E-state index in [0.29, 0.717) is 0 Å². The van der Waals surface area contributed by atoms with Crippen LogP contribution in [0.1, 0.15) is 36.7 Å². The maximum atomic E-state index is 10.9. The smallest absolute Gasteiger partial charge is 0.210 e. The first kappa shape index (κ1) is 10.1. The molecule has 2 heterocycles. The van der Waals surface area contributed by atoms with Crippen molar-refractivity contribution in [3.63, 3.8) is 0 Å². The molecule has 0 radical (unpaired) electrons. The Kier molecular flexibility index (Phi) is 2.99. The highest BCUT2D eigenvalue weighted by Gasteiger charge is 2.23. The number of hydrogen-bond acceptors (Lipinski definition) is 2. The predicted molar refractivity (Wildman–Crippen MR) is 58.3 cm³/mol. The summed E-state index contributed by atoms with van der Waals surface area (Å²) in [6, 6.07) is 6.20. The molecule has 80 valence electrons. The number of amides is 1. The molecule has 3 nitrogen and oxygen atoms in total. The molecule has 0 saturated carbocycles. The minimum Gasteiger partial charge on any atom is -0.337 e. The van der Waals surface area contributed by atoms with Crippen LogP contribution in [-0.4, -0.2) is 22.8 Å². The van der Waals surface area contributed by atoms with E-state index in [1.165, 1.54) is 6.42 Å². The topological polar surface area (TPSA) is 33.2 Å². The van der Waals surface area contributed by atoms with Crippen molar-refractivity contribution in [3.05, 3.63) is 29.6 Å². The highest BCUT2D eigenvalue weighted by Crippen LogP contribution is 2.28. The van der Waals surface area contributed by atoms with E-state index in [1.807, 2.05) is 30.0 Å². The maximum Gasteiger partial charge on any atom is 0.210 e. The molecule has 0 unspecified atom stereocenters. The molecular formula is C12H16N2O. The van der Waals surface area contributed by atoms with Crippen LogP contribution in [0, 0.1) is 6.92 Å². The number of rotatable bonds is 2. The fourth-order valence-corrected chi connectivity index (χ4v) is 2.15. The molecule has 0 N–H and O–H groups in total. The Labute approximate surface area is 90.1 Å². The Morgan fingerprint density at radius 2 is 2.33 bits per heavy atom. The van der Waals surface area contributed by atoms with Gasteiger partial charge in [-0.25, -0.2) is 0 Å². The van der Waals surface area contributed by atoms with E-state index < -0.39 is 0 Å². The monoisotopic (exact) mass is 204 g/mol. The first-order valence-corrected chi connectivity index (χ1v) is 5.46. The van der Waals surface area contributed by atoms with Crippen LogP contribution in [0.2, 0.25) is 0 Å². The lowest BCUT2D eigenvalue weighted by atomic mass is 9.99. The second kappa shape index (κ2) is 4.43. The summed E-state index contributed by atoms with van der Waals surface area (Å²) in [5.41, 5.74) is 2.05. The number of nitrogens with zero attached hydrogens (tertiary/aromatic N) is 2. The van der Waals surface area contributed by atoms with Gasteiger partial charge in [-0.2, -0.15) is 0 Å². The fourth-order valence-electron chi connectivity index (χ4n) is 2.15. The number of pyridine rings is 1. The van der Waals surface area contributed by atoms with Gasteiger partial charge in [0.1, 0.15) is 0 Å². The second-order valence-electron chi connectivity index (χ2n) is 4.06. The molecule has 1 fully saturated rings. The van der Waals surface area contributed by atoms with Crippen LogP contribution in [0.15, 0.2) is 18.2 Å². The average Bonchev–Trinajstić information content (AvgIpc) is 2.29. The van der Waals surface area contributed by atoms with Crippen molar-refractivity contribution >= 4 is 6.41 Å². The van der Waals surface area contributed by atoms with Crippen molar-refractivity contribution in [3.8, 4) is 0 Å². The summed E-state index contributed by atoms with van der Waals surface area (Å²) in [7, 11) is 0. The van der Waals surface area contributed by atoms with E-state index >= 15 is 0 Å². The maximum absolute atomic E-state index is 10.9. The molecule has 1 atom stereocenters. The number of likely N-dealkylation sites (tertiary alicyclic amines) is 1. The van der Waals surface area contributed by atoms with Gasteiger partial charge in [-0.15, -0.1) is 0 Å². The minimum atomic E-state index is 0.191. The lowest BCUT2D eigenvalue weighted by molar-refractivity contribution is -0.121. The van der Waals surface area contributed by atoms with E-state index in [-0.39, 0.29) is 6.04 Å². The van der Waals surface area contributed by atoms with Crippen LogP contribution in [-0.2, 0) is 4.79 Å². The van der Waals surface area contributed by atoms with Crippen LogP contribution in [0.25, 0.3) is 0 Å². The number of hydrogen-bond donors (Lipinski definition) is 0. The van der Waals surface area contributed by atoms with Gasteiger partial charge in [0.15, 0.2) is 0 Å². The summed E-state index contributed by atoms with van der Waals surface area (Å²) in [4.78, 5) is 17.3. The standard InChI is InChI=1S/C12H16N2O/c1-10-5-4-6-11(13-10)12-7-2-3-8-14(12)9-15/h4-6,9,12H,2-3,7-8H2,1H3/t12-/m1/s1. The average molecular weight is 204 g/mol. The fraction of sp³-hybridized carbons (Fsp3) is 0.500. The summed E-state index contributed by atoms with van der Waals surface area (Å²) in [6.07, 6.45) is 4.29. The van der Waals surface area contributed by atoms with Crippen LogP contribution in [0.3, 0.4) is 0 Å². The van der Waals surface area contributed by atoms with Crippen LogP contribution >= 0.6 is 0 Å². The Bertz CT molecular complexity index is 351. The Morgan fingerprint density at radius 1 is 1.47 bits per heavy atom. The quantitative estimate of drug-likeness (QED) is 0.691. The van der Waals surface area contributed by atoms with E-state index in [2.05, 4.69) is 4.98 Å². The van der Waals surface area contributed by atoms with Gasteiger partial charge >= 0.3 is 0 Å². The van der Waals surface area contributed by atoms with Crippen molar-refractivity contribution in [2.45, 2.75) is 32.2 Å². The molecule has 0 aromatic carbocycles. The molecule has 1 aliphatic heterocycles. The molecule has 0 spiro atoms. The van der Waals surface area contributed by atoms with E-state index in [9.17, 15) is 4.79 Å². The molecular weight excluding hydrogens is 188 g/mol. The summed E-state index contributed by atoms with van der Waals surface area (Å²) in [5, 5.41) is 0. The van der Waals surface area contributed by atoms with Gasteiger partial charge in [-0.3, -0.25) is 9.78 Å². The van der Waals surface area contributed by atoms with Crippen molar-refractivity contribution < 1.29 is 4.79 Å². The van der Waals surface area contributed by atoms with Crippen molar-refractivity contribution in [2.24, 2.45) is 0 Å². The van der Waals surface area contributed by atoms with Crippen LogP contribution in [0.4, 0.5) is 0 Å². The van der Waals surface area contributed by atoms with Gasteiger partial charge in [-0.05, 0) is 38.3 Å². The molecule has 0 aliphatic carbocycles. The van der Waals surface area contributed by atoms with Gasteiger partial charge in [0.2, 0.25) is 6.41 Å². The second-order valence-corrected chi connectivity index (χ2v) is 4.06. The molecule has 1 aromatic rings. The third-order valence-electron chi connectivity index (χ3n) is 2.93. The number of piperidine rings is 1. The largest absolute Gasteiger partial charge is 0.337 e. The molecule has 3 heteroatoms. The molecule has 1 saturated heterocycles.